The first-order valence-electron chi connectivity index (χ1n) is 21.6. The Labute approximate surface area is 423 Å². The van der Waals surface area contributed by atoms with Crippen LogP contribution >= 0.6 is 30.2 Å². The first-order valence-corrected chi connectivity index (χ1v) is 28.6. The van der Waals surface area contributed by atoms with Gasteiger partial charge in [-0.15, -0.1) is 0 Å². The first-order chi connectivity index (χ1) is 35.2. The number of fused-ring (bicyclic) bond motifs is 2. The number of hydrogen-bond donors (Lipinski definition) is 10. The Morgan fingerprint density at radius 1 is 0.813 bits per heavy atom. The molecule has 8 heterocycles. The molecule has 5 aromatic rings. The van der Waals surface area contributed by atoms with Gasteiger partial charge in [0.1, 0.15) is 54.6 Å². The van der Waals surface area contributed by atoms with Crippen LogP contribution in [0.2, 0.25) is 0 Å². The van der Waals surface area contributed by atoms with Crippen molar-refractivity contribution < 1.29 is 104 Å². The summed E-state index contributed by atoms with van der Waals surface area (Å²) < 4.78 is 103. The molecule has 0 bridgehead atoms. The number of nitrogens with zero attached hydrogens (tertiary/aromatic N) is 8. The highest BCUT2D eigenvalue weighted by Crippen LogP contribution is 2.68. The zero-order valence-electron chi connectivity index (χ0n) is 38.8. The van der Waals surface area contributed by atoms with E-state index in [0.29, 0.717) is 0 Å². The van der Waals surface area contributed by atoms with Crippen molar-refractivity contribution in [1.29, 1.82) is 0 Å². The third kappa shape index (κ3) is 12.4. The van der Waals surface area contributed by atoms with Gasteiger partial charge in [0.15, 0.2) is 23.9 Å². The summed E-state index contributed by atoms with van der Waals surface area (Å²) in [5, 5.41) is 32.7. The third-order valence-corrected chi connectivity index (χ3v) is 17.9. The number of aliphatic hydroxyl groups excluding tert-OH is 3. The molecule has 414 valence electrons. The van der Waals surface area contributed by atoms with E-state index in [1.807, 2.05) is 4.98 Å². The Hall–Kier alpha value is -4.20. The summed E-state index contributed by atoms with van der Waals surface area (Å²) >= 11 is 4.91. The molecule has 0 radical (unpaired) electrons. The van der Waals surface area contributed by atoms with Gasteiger partial charge in [0.2, 0.25) is 18.5 Å². The van der Waals surface area contributed by atoms with Crippen LogP contribution in [0.5, 0.6) is 0 Å². The normalized spacial score (nSPS) is 30.4. The Morgan fingerprint density at radius 2 is 1.49 bits per heavy atom. The number of nitrogens with one attached hydrogen (secondary N) is 2. The molecule has 16 atom stereocenters. The van der Waals surface area contributed by atoms with Crippen molar-refractivity contribution in [2.75, 3.05) is 52.1 Å². The lowest BCUT2D eigenvalue weighted by molar-refractivity contribution is -0.646. The van der Waals surface area contributed by atoms with Gasteiger partial charge in [-0.1, -0.05) is 0 Å². The van der Waals surface area contributed by atoms with E-state index >= 15 is 0 Å². The summed E-state index contributed by atoms with van der Waals surface area (Å²) in [6.07, 6.45) is -12.8. The molecule has 0 amide bonds. The number of aryl methyl sites for hydroxylation is 1. The molecule has 4 unspecified atom stereocenters. The average Bonchev–Trinajstić information content (AvgIpc) is 4.12. The average molecular weight is 1160 g/mol. The Morgan fingerprint density at radius 3 is 2.20 bits per heavy atom. The summed E-state index contributed by atoms with van der Waals surface area (Å²) in [4.78, 5) is 103. The minimum Gasteiger partial charge on any atom is -0.756 e. The number of phosphoric acid groups is 3. The lowest BCUT2D eigenvalue weighted by Gasteiger charge is -2.31. The number of hydrogen-bond acceptors (Lipinski definition) is 28. The van der Waals surface area contributed by atoms with E-state index in [4.69, 9.17) is 65.1 Å². The number of imidazole rings is 2. The van der Waals surface area contributed by atoms with E-state index in [9.17, 15) is 63.0 Å². The van der Waals surface area contributed by atoms with Crippen molar-refractivity contribution in [3.8, 4) is 0 Å². The lowest BCUT2D eigenvalue weighted by atomic mass is 9.95. The molecule has 3 saturated heterocycles. The minimum absolute atomic E-state index is 0.00868. The van der Waals surface area contributed by atoms with Gasteiger partial charge in [0, 0.05) is 39.0 Å². The molecule has 0 aromatic carbocycles. The van der Waals surface area contributed by atoms with Gasteiger partial charge in [-0.3, -0.25) is 37.8 Å². The predicted molar refractivity (Wildman–Crippen MR) is 246 cm³/mol. The van der Waals surface area contributed by atoms with E-state index in [-0.39, 0.29) is 47.1 Å². The van der Waals surface area contributed by atoms with Crippen molar-refractivity contribution in [2.45, 2.75) is 73.9 Å². The number of aromatic amines is 2. The number of H-pyrrole nitrogens is 2. The maximum Gasteiger partial charge on any atom is 0.488 e. The number of nitrogen functional groups attached to an aromatic ring is 2. The summed E-state index contributed by atoms with van der Waals surface area (Å²) in [6.45, 7) is -8.08. The fraction of sp³-hybridized carbons (Fsp3) is 0.588. The van der Waals surface area contributed by atoms with Crippen molar-refractivity contribution in [3.63, 3.8) is 0 Å². The maximum absolute atomic E-state index is 13.5. The van der Waals surface area contributed by atoms with Crippen LogP contribution in [0, 0.1) is 5.92 Å². The second-order valence-electron chi connectivity index (χ2n) is 16.6. The number of methoxy groups -OCH3 is 2. The largest absolute Gasteiger partial charge is 0.756 e. The molecule has 75 heavy (non-hydrogen) atoms. The van der Waals surface area contributed by atoms with Crippen LogP contribution in [0.3, 0.4) is 0 Å². The highest BCUT2D eigenvalue weighted by molar-refractivity contribution is 8.08. The maximum atomic E-state index is 13.5. The minimum atomic E-state index is -5.98. The van der Waals surface area contributed by atoms with Crippen molar-refractivity contribution in [3.05, 3.63) is 62.4 Å². The Kier molecular flexibility index (Phi) is 16.9. The zero-order valence-corrected chi connectivity index (χ0v) is 43.2. The van der Waals surface area contributed by atoms with Gasteiger partial charge in [-0.25, -0.2) is 37.8 Å². The molecular weight excluding hydrogens is 1120 g/mol. The van der Waals surface area contributed by atoms with E-state index in [0.717, 1.165) is 30.3 Å². The molecular formula is C34H48N12O24P4S. The van der Waals surface area contributed by atoms with Gasteiger partial charge in [0.25, 0.3) is 24.5 Å². The molecule has 3 aliphatic heterocycles. The zero-order chi connectivity index (χ0) is 54.5. The van der Waals surface area contributed by atoms with Gasteiger partial charge in [0.05, 0.1) is 39.3 Å². The van der Waals surface area contributed by atoms with Crippen LogP contribution in [0.25, 0.3) is 22.3 Å². The van der Waals surface area contributed by atoms with E-state index in [1.54, 1.807) is 0 Å². The van der Waals surface area contributed by atoms with Crippen LogP contribution in [-0.2, 0) is 83.0 Å². The SMILES string of the molecule is COCC[C@H]1[C@@H](O)[C@H](n2c[n+](C)c3c(=O)[nH]c(N)nc32)O[C@@H]1COP(=O)(O)OP(=O)(O)OP(O)(=S)OC[C@H]1O[C@@H](n2cnc3c(N)ncnc32)[C@H](OC)[C@@H]1OP(=O)([O-])OC[C@H]1O[C@@H](n2ccc(=O)[nH]c2=O)[C@H](O)[C@@H]1O. The third-order valence-electron chi connectivity index (χ3n) is 11.8. The second-order valence-corrected chi connectivity index (χ2v) is 24.0. The summed E-state index contributed by atoms with van der Waals surface area (Å²) in [6, 6.07) is 0.929. The van der Waals surface area contributed by atoms with Crippen molar-refractivity contribution >= 4 is 76.1 Å². The molecule has 3 fully saturated rings. The standard InChI is InChI=1S/C34H48N12O24P4S/c1-43-13-46(28-20(43)29(51)42-33(36)41-28)30-21(48)14(5-7-60-2)15(65-30)8-63-72(55,56)69-73(57,58)70-74(59,75)64-10-17-24(25(61-3)32(67-17)45-12-39-19-26(35)37-11-38-27(19)45)68-71(53,54)62-9-16-22(49)23(50)31(66-16)44-6-4-18(47)40-34(44)52/h4,6,11-17,21-25,30-32,48-50H,5,7-10H2,1-3H3,(H9-,35,36,37,38,40,41,42,47,51,52,53,54,55,56,57,58,59,75)/t14-,15-,16-,17-,21-,22-,23-,24-,25-,30-,31-,32-,74?/m1/s1. The second kappa shape index (κ2) is 22.3. The molecule has 5 aromatic heterocycles. The molecule has 8 rings (SSSR count). The van der Waals surface area contributed by atoms with Gasteiger partial charge >= 0.3 is 33.6 Å². The topological polar surface area (TPSA) is 502 Å². The van der Waals surface area contributed by atoms with Crippen LogP contribution in [0.15, 0.2) is 45.6 Å². The monoisotopic (exact) mass is 1160 g/mol. The molecule has 3 aliphatic rings. The fourth-order valence-corrected chi connectivity index (χ4v) is 13.9. The van der Waals surface area contributed by atoms with E-state index in [1.165, 1.54) is 40.5 Å². The van der Waals surface area contributed by atoms with Crippen LogP contribution in [-0.4, -0.2) is 163 Å². The van der Waals surface area contributed by atoms with Crippen molar-refractivity contribution in [1.82, 2.24) is 43.6 Å². The quantitative estimate of drug-likeness (QED) is 0.0233. The van der Waals surface area contributed by atoms with Crippen LogP contribution < -0.4 is 37.7 Å². The van der Waals surface area contributed by atoms with Crippen LogP contribution in [0.4, 0.5) is 11.8 Å². The highest BCUT2D eigenvalue weighted by atomic mass is 32.5. The number of ether oxygens (including phenoxy) is 5. The molecule has 0 aliphatic carbocycles. The lowest BCUT2D eigenvalue weighted by Crippen LogP contribution is -2.39. The Balaban J connectivity index is 0.942. The summed E-state index contributed by atoms with van der Waals surface area (Å²) in [5.41, 5.74) is 9.46. The summed E-state index contributed by atoms with van der Waals surface area (Å²) in [5.74, 6) is -1.22. The molecule has 41 heteroatoms. The number of anilines is 2. The molecule has 12 N–H and O–H groups in total. The molecule has 36 nitrogen and oxygen atoms in total. The highest BCUT2D eigenvalue weighted by Gasteiger charge is 2.52. The van der Waals surface area contributed by atoms with E-state index in [2.05, 4.69) is 33.5 Å². The number of aromatic nitrogens is 10. The summed E-state index contributed by atoms with van der Waals surface area (Å²) in [7, 11) is -13.3. The van der Waals surface area contributed by atoms with Crippen LogP contribution in [0.1, 0.15) is 25.1 Å². The first kappa shape index (κ1) is 57.0. The van der Waals surface area contributed by atoms with Gasteiger partial charge in [-0.2, -0.15) is 13.9 Å². The number of phosphoric ester groups is 2. The van der Waals surface area contributed by atoms with Gasteiger partial charge < -0.3 is 83.6 Å². The van der Waals surface area contributed by atoms with Gasteiger partial charge in [-0.05, 0) is 18.2 Å². The molecule has 0 spiro atoms. The van der Waals surface area contributed by atoms with Crippen molar-refractivity contribution in [2.24, 2.45) is 13.0 Å². The fourth-order valence-electron chi connectivity index (χ4n) is 8.48. The molecule has 0 saturated carbocycles. The number of aliphatic hydroxyl groups is 3. The van der Waals surface area contributed by atoms with E-state index < -0.39 is 140 Å². The number of rotatable bonds is 22. The predicted octanol–water partition coefficient (Wildman–Crippen LogP) is -4.10. The smallest absolute Gasteiger partial charge is 0.488 e. The Bertz CT molecular complexity index is 3290. The number of nitrogens with two attached hydrogens (primary N) is 2.